The Balaban J connectivity index is 1.81. The molecule has 1 heterocycles. The molecule has 1 aromatic carbocycles. The van der Waals surface area contributed by atoms with Crippen LogP contribution in [0.5, 0.6) is 0 Å². The second-order valence-electron chi connectivity index (χ2n) is 5.07. The number of aromatic nitrogens is 1. The Labute approximate surface area is 119 Å². The Morgan fingerprint density at radius 3 is 2.75 bits per heavy atom. The number of carbonyl (C=O) groups is 1. The standard InChI is InChI=1S/C16H20N2O2/c1-11-5-4-6-14(9-11)10-17-16(19)8-7-15-12(2)18-20-13(15)3/h4-6,9H,7-8,10H2,1-3H3,(H,17,19). The molecule has 4 heteroatoms. The number of aryl methyl sites for hydroxylation is 3. The van der Waals surface area contributed by atoms with E-state index in [1.54, 1.807) is 0 Å². The van der Waals surface area contributed by atoms with Crippen molar-refractivity contribution in [3.8, 4) is 0 Å². The van der Waals surface area contributed by atoms with Gasteiger partial charge >= 0.3 is 0 Å². The van der Waals surface area contributed by atoms with Gasteiger partial charge in [-0.05, 0) is 32.8 Å². The maximum Gasteiger partial charge on any atom is 0.220 e. The van der Waals surface area contributed by atoms with Gasteiger partial charge in [-0.3, -0.25) is 4.79 Å². The molecule has 1 N–H and O–H groups in total. The van der Waals surface area contributed by atoms with Gasteiger partial charge in [-0.25, -0.2) is 0 Å². The van der Waals surface area contributed by atoms with Crippen molar-refractivity contribution in [3.63, 3.8) is 0 Å². The highest BCUT2D eigenvalue weighted by Crippen LogP contribution is 2.14. The molecular formula is C16H20N2O2. The molecule has 0 aliphatic carbocycles. The van der Waals surface area contributed by atoms with Crippen LogP contribution in [0, 0.1) is 20.8 Å². The van der Waals surface area contributed by atoms with Crippen LogP contribution in [-0.2, 0) is 17.8 Å². The van der Waals surface area contributed by atoms with Crippen LogP contribution in [0.25, 0.3) is 0 Å². The second kappa shape index (κ2) is 6.37. The van der Waals surface area contributed by atoms with E-state index in [1.807, 2.05) is 39.0 Å². The molecule has 0 saturated carbocycles. The van der Waals surface area contributed by atoms with Gasteiger partial charge in [0.1, 0.15) is 5.76 Å². The fourth-order valence-corrected chi connectivity index (χ4v) is 2.21. The fourth-order valence-electron chi connectivity index (χ4n) is 2.21. The Hall–Kier alpha value is -2.10. The molecule has 106 valence electrons. The van der Waals surface area contributed by atoms with E-state index in [0.29, 0.717) is 19.4 Å². The number of amides is 1. The zero-order valence-electron chi connectivity index (χ0n) is 12.2. The van der Waals surface area contributed by atoms with E-state index in [-0.39, 0.29) is 5.91 Å². The molecular weight excluding hydrogens is 252 g/mol. The van der Waals surface area contributed by atoms with Crippen LogP contribution in [0.15, 0.2) is 28.8 Å². The van der Waals surface area contributed by atoms with Crippen LogP contribution < -0.4 is 5.32 Å². The largest absolute Gasteiger partial charge is 0.361 e. The third-order valence-corrected chi connectivity index (χ3v) is 3.36. The summed E-state index contributed by atoms with van der Waals surface area (Å²) >= 11 is 0. The number of hydrogen-bond acceptors (Lipinski definition) is 3. The third-order valence-electron chi connectivity index (χ3n) is 3.36. The minimum Gasteiger partial charge on any atom is -0.361 e. The van der Waals surface area contributed by atoms with Crippen molar-refractivity contribution in [1.82, 2.24) is 10.5 Å². The number of nitrogens with one attached hydrogen (secondary N) is 1. The zero-order chi connectivity index (χ0) is 14.5. The van der Waals surface area contributed by atoms with Crippen LogP contribution in [-0.4, -0.2) is 11.1 Å². The van der Waals surface area contributed by atoms with E-state index >= 15 is 0 Å². The average molecular weight is 272 g/mol. The minimum atomic E-state index is 0.0477. The van der Waals surface area contributed by atoms with Crippen molar-refractivity contribution in [2.24, 2.45) is 0 Å². The molecule has 20 heavy (non-hydrogen) atoms. The van der Waals surface area contributed by atoms with E-state index in [9.17, 15) is 4.79 Å². The number of rotatable bonds is 5. The van der Waals surface area contributed by atoms with Gasteiger partial charge in [-0.2, -0.15) is 0 Å². The highest BCUT2D eigenvalue weighted by atomic mass is 16.5. The maximum atomic E-state index is 11.9. The van der Waals surface area contributed by atoms with Crippen LogP contribution in [0.2, 0.25) is 0 Å². The first kappa shape index (κ1) is 14.3. The normalized spacial score (nSPS) is 10.6. The molecule has 0 bridgehead atoms. The van der Waals surface area contributed by atoms with E-state index in [2.05, 4.69) is 16.5 Å². The predicted octanol–water partition coefficient (Wildman–Crippen LogP) is 2.85. The lowest BCUT2D eigenvalue weighted by molar-refractivity contribution is -0.121. The molecule has 0 radical (unpaired) electrons. The topological polar surface area (TPSA) is 55.1 Å². The smallest absolute Gasteiger partial charge is 0.220 e. The first-order chi connectivity index (χ1) is 9.56. The highest BCUT2D eigenvalue weighted by Gasteiger charge is 2.10. The summed E-state index contributed by atoms with van der Waals surface area (Å²) in [6, 6.07) is 8.14. The number of carbonyl (C=O) groups excluding carboxylic acids is 1. The third kappa shape index (κ3) is 3.70. The lowest BCUT2D eigenvalue weighted by atomic mass is 10.1. The Bertz CT molecular complexity index is 583. The summed E-state index contributed by atoms with van der Waals surface area (Å²) in [4.78, 5) is 11.9. The molecule has 1 aromatic heterocycles. The predicted molar refractivity (Wildman–Crippen MR) is 77.3 cm³/mol. The van der Waals surface area contributed by atoms with Crippen molar-refractivity contribution < 1.29 is 9.32 Å². The number of benzene rings is 1. The molecule has 0 fully saturated rings. The lowest BCUT2D eigenvalue weighted by Gasteiger charge is -2.06. The highest BCUT2D eigenvalue weighted by molar-refractivity contribution is 5.76. The monoisotopic (exact) mass is 272 g/mol. The van der Waals surface area contributed by atoms with Crippen LogP contribution in [0.1, 0.15) is 34.6 Å². The van der Waals surface area contributed by atoms with Gasteiger partial charge < -0.3 is 9.84 Å². The molecule has 0 aliphatic rings. The Morgan fingerprint density at radius 2 is 2.10 bits per heavy atom. The Kier molecular flexibility index (Phi) is 4.56. The van der Waals surface area contributed by atoms with Crippen molar-refractivity contribution >= 4 is 5.91 Å². The van der Waals surface area contributed by atoms with Gasteiger partial charge in [0, 0.05) is 18.5 Å². The summed E-state index contributed by atoms with van der Waals surface area (Å²) in [5, 5.41) is 6.83. The summed E-state index contributed by atoms with van der Waals surface area (Å²) in [5.41, 5.74) is 4.23. The van der Waals surface area contributed by atoms with Crippen LogP contribution in [0.4, 0.5) is 0 Å². The van der Waals surface area contributed by atoms with E-state index in [4.69, 9.17) is 4.52 Å². The van der Waals surface area contributed by atoms with Crippen molar-refractivity contribution in [1.29, 1.82) is 0 Å². The SMILES string of the molecule is Cc1cccc(CNC(=O)CCc2c(C)noc2C)c1. The molecule has 0 atom stereocenters. The second-order valence-corrected chi connectivity index (χ2v) is 5.07. The Morgan fingerprint density at radius 1 is 1.30 bits per heavy atom. The lowest BCUT2D eigenvalue weighted by Crippen LogP contribution is -2.23. The average Bonchev–Trinajstić information content (AvgIpc) is 2.74. The molecule has 4 nitrogen and oxygen atoms in total. The molecule has 1 amide bonds. The summed E-state index contributed by atoms with van der Waals surface area (Å²) in [7, 11) is 0. The molecule has 0 saturated heterocycles. The van der Waals surface area contributed by atoms with Gasteiger partial charge in [-0.15, -0.1) is 0 Å². The number of hydrogen-bond donors (Lipinski definition) is 1. The van der Waals surface area contributed by atoms with Gasteiger partial charge in [-0.1, -0.05) is 35.0 Å². The summed E-state index contributed by atoms with van der Waals surface area (Å²) in [6.07, 6.45) is 1.12. The maximum absolute atomic E-state index is 11.9. The first-order valence-electron chi connectivity index (χ1n) is 6.80. The van der Waals surface area contributed by atoms with E-state index in [0.717, 1.165) is 22.6 Å². The molecule has 2 aromatic rings. The quantitative estimate of drug-likeness (QED) is 0.910. The summed E-state index contributed by atoms with van der Waals surface area (Å²) < 4.78 is 5.09. The fraction of sp³-hybridized carbons (Fsp3) is 0.375. The van der Waals surface area contributed by atoms with Crippen LogP contribution in [0.3, 0.4) is 0 Å². The summed E-state index contributed by atoms with van der Waals surface area (Å²) in [6.45, 7) is 6.39. The molecule has 0 spiro atoms. The number of nitrogens with zero attached hydrogens (tertiary/aromatic N) is 1. The minimum absolute atomic E-state index is 0.0477. The van der Waals surface area contributed by atoms with Gasteiger partial charge in [0.2, 0.25) is 5.91 Å². The first-order valence-corrected chi connectivity index (χ1v) is 6.80. The van der Waals surface area contributed by atoms with Gasteiger partial charge in [0.25, 0.3) is 0 Å². The zero-order valence-corrected chi connectivity index (χ0v) is 12.2. The van der Waals surface area contributed by atoms with Gasteiger partial charge in [0.05, 0.1) is 5.69 Å². The van der Waals surface area contributed by atoms with E-state index in [1.165, 1.54) is 5.56 Å². The van der Waals surface area contributed by atoms with Crippen molar-refractivity contribution in [2.45, 2.75) is 40.2 Å². The molecule has 2 rings (SSSR count). The summed E-state index contributed by atoms with van der Waals surface area (Å²) in [5.74, 6) is 0.848. The van der Waals surface area contributed by atoms with Crippen molar-refractivity contribution in [2.75, 3.05) is 0 Å². The molecule has 0 aliphatic heterocycles. The van der Waals surface area contributed by atoms with Gasteiger partial charge in [0.15, 0.2) is 0 Å². The molecule has 0 unspecified atom stereocenters. The van der Waals surface area contributed by atoms with E-state index < -0.39 is 0 Å². The van der Waals surface area contributed by atoms with Crippen LogP contribution >= 0.6 is 0 Å². The van der Waals surface area contributed by atoms with Crippen molar-refractivity contribution in [3.05, 3.63) is 52.4 Å².